The molecule has 2 unspecified atom stereocenters. The van der Waals surface area contributed by atoms with Crippen LogP contribution in [0.1, 0.15) is 310 Å². The van der Waals surface area contributed by atoms with Crippen LogP contribution in [0.3, 0.4) is 0 Å². The Kier molecular flexibility index (Phi) is 54.8. The molecule has 0 saturated heterocycles. The van der Waals surface area contributed by atoms with Gasteiger partial charge in [0.1, 0.15) is 19.3 Å². The van der Waals surface area contributed by atoms with Gasteiger partial charge in [-0.1, -0.05) is 259 Å². The number of hydrogen-bond acceptors (Lipinski definition) is 15. The van der Waals surface area contributed by atoms with Gasteiger partial charge >= 0.3 is 39.5 Å². The van der Waals surface area contributed by atoms with Crippen LogP contribution < -0.4 is 0 Å². The molecule has 0 amide bonds. The highest BCUT2D eigenvalue weighted by atomic mass is 31.2. The summed E-state index contributed by atoms with van der Waals surface area (Å²) in [5.74, 6) is -2.14. The van der Waals surface area contributed by atoms with Gasteiger partial charge in [0, 0.05) is 25.7 Å². The maximum Gasteiger partial charge on any atom is 0.472 e. The van der Waals surface area contributed by atoms with Gasteiger partial charge in [0.15, 0.2) is 12.2 Å². The van der Waals surface area contributed by atoms with Crippen molar-refractivity contribution in [2.75, 3.05) is 39.6 Å². The Hall–Kier alpha value is -1.94. The Labute approximate surface area is 486 Å². The highest BCUT2D eigenvalue weighted by Gasteiger charge is 2.30. The second kappa shape index (κ2) is 56.2. The highest BCUT2D eigenvalue weighted by Crippen LogP contribution is 2.45. The van der Waals surface area contributed by atoms with E-state index < -0.39 is 97.5 Å². The smallest absolute Gasteiger partial charge is 0.462 e. The van der Waals surface area contributed by atoms with Crippen LogP contribution in [0.2, 0.25) is 0 Å². The van der Waals surface area contributed by atoms with Gasteiger partial charge in [-0.05, 0) is 25.7 Å². The van der Waals surface area contributed by atoms with Gasteiger partial charge in [-0.25, -0.2) is 9.13 Å². The molecule has 0 aliphatic heterocycles. The minimum Gasteiger partial charge on any atom is -0.462 e. The number of aliphatic hydroxyl groups is 1. The predicted octanol–water partition coefficient (Wildman–Crippen LogP) is 16.8. The van der Waals surface area contributed by atoms with E-state index in [0.29, 0.717) is 25.7 Å². The Morgan fingerprint density at radius 1 is 0.300 bits per heavy atom. The Bertz CT molecular complexity index is 1550. The fraction of sp³-hybridized carbons (Fsp3) is 0.934. The lowest BCUT2D eigenvalue weighted by molar-refractivity contribution is -0.161. The first-order chi connectivity index (χ1) is 38.7. The maximum atomic E-state index is 12.9. The summed E-state index contributed by atoms with van der Waals surface area (Å²) >= 11 is 0. The fourth-order valence-electron chi connectivity index (χ4n) is 9.10. The lowest BCUT2D eigenvalue weighted by Gasteiger charge is -2.21. The largest absolute Gasteiger partial charge is 0.472 e. The molecule has 0 heterocycles. The summed E-state index contributed by atoms with van der Waals surface area (Å²) in [5, 5.41) is 10.5. The number of ether oxygens (including phenoxy) is 4. The van der Waals surface area contributed by atoms with E-state index in [1.54, 1.807) is 0 Å². The highest BCUT2D eigenvalue weighted by molar-refractivity contribution is 7.47. The van der Waals surface area contributed by atoms with Crippen molar-refractivity contribution in [3.8, 4) is 0 Å². The molecule has 0 aromatic rings. The summed E-state index contributed by atoms with van der Waals surface area (Å²) in [7, 11) is -9.87. The van der Waals surface area contributed by atoms with E-state index in [2.05, 4.69) is 27.7 Å². The molecule has 0 fully saturated rings. The van der Waals surface area contributed by atoms with Gasteiger partial charge in [-0.15, -0.1) is 0 Å². The summed E-state index contributed by atoms with van der Waals surface area (Å²) in [6.07, 6.45) is 40.4. The monoisotopic (exact) mass is 1180 g/mol. The molecule has 0 bridgehead atoms. The number of hydrogen-bond donors (Lipinski definition) is 3. The molecule has 17 nitrogen and oxygen atoms in total. The molecule has 5 atom stereocenters. The molecule has 3 N–H and O–H groups in total. The number of phosphoric acid groups is 2. The topological polar surface area (TPSA) is 237 Å². The number of carbonyl (C=O) groups is 4. The van der Waals surface area contributed by atoms with Crippen molar-refractivity contribution in [2.24, 2.45) is 0 Å². The normalized spacial score (nSPS) is 14.2. The van der Waals surface area contributed by atoms with Gasteiger partial charge in [0.25, 0.3) is 0 Å². The average molecular weight is 1190 g/mol. The number of aliphatic hydroxyl groups excluding tert-OH is 1. The Morgan fingerprint density at radius 2 is 0.500 bits per heavy atom. The molecular weight excluding hydrogens is 1070 g/mol. The molecule has 0 aliphatic rings. The van der Waals surface area contributed by atoms with Crippen LogP contribution in [0.15, 0.2) is 0 Å². The molecule has 0 rings (SSSR count). The number of phosphoric ester groups is 2. The minimum atomic E-state index is -4.94. The Balaban J connectivity index is 5.18. The molecule has 0 spiro atoms. The third kappa shape index (κ3) is 55.3. The van der Waals surface area contributed by atoms with Gasteiger partial charge in [-0.2, -0.15) is 0 Å². The van der Waals surface area contributed by atoms with Gasteiger partial charge in [0.2, 0.25) is 0 Å². The van der Waals surface area contributed by atoms with E-state index in [-0.39, 0.29) is 25.7 Å². The number of carbonyl (C=O) groups excluding carboxylic acids is 4. The van der Waals surface area contributed by atoms with Crippen LogP contribution in [-0.4, -0.2) is 96.7 Å². The lowest BCUT2D eigenvalue weighted by atomic mass is 10.0. The standard InChI is InChI=1S/C61H118O17P2/c1-5-9-13-17-21-24-25-26-27-28-29-32-36-40-44-48-61(66)78-57(52-72-59(64)46-42-38-34-30-22-18-14-10-6-2)54-76-80(69,70)74-50-55(62)49-73-79(67,68)75-53-56(51-71-58(63)45-41-37-33-20-16-12-8-4)77-60(65)47-43-39-35-31-23-19-15-11-7-3/h55-57,62H,5-54H2,1-4H3,(H,67,68)(H,69,70)/t55-,56+,57+/m0/s1. The average Bonchev–Trinajstić information content (AvgIpc) is 3.43. The second-order valence-electron chi connectivity index (χ2n) is 22.1. The zero-order valence-corrected chi connectivity index (χ0v) is 52.8. The lowest BCUT2D eigenvalue weighted by Crippen LogP contribution is -2.30. The number of rotatable bonds is 62. The molecule has 0 aromatic heterocycles. The summed E-state index contributed by atoms with van der Waals surface area (Å²) in [6, 6.07) is 0. The van der Waals surface area contributed by atoms with Gasteiger partial charge in [-0.3, -0.25) is 37.3 Å². The third-order valence-corrected chi connectivity index (χ3v) is 16.0. The van der Waals surface area contributed by atoms with Crippen LogP contribution in [0.25, 0.3) is 0 Å². The summed E-state index contributed by atoms with van der Waals surface area (Å²) < 4.78 is 67.7. The molecule has 19 heteroatoms. The van der Waals surface area contributed by atoms with Crippen LogP contribution in [0.5, 0.6) is 0 Å². The van der Waals surface area contributed by atoms with Crippen LogP contribution in [0.4, 0.5) is 0 Å². The quantitative estimate of drug-likeness (QED) is 0.0222. The SMILES string of the molecule is CCCCCCCCCCCCCCCCCC(=O)O[C@H](COC(=O)CCCCCCCCCCC)COP(=O)(O)OC[C@@H](O)COP(=O)(O)OC[C@@H](COC(=O)CCCCCCCCC)OC(=O)CCCCCCCCCCC. The van der Waals surface area contributed by atoms with Crippen molar-refractivity contribution in [1.29, 1.82) is 0 Å². The first-order valence-corrected chi connectivity index (χ1v) is 35.3. The van der Waals surface area contributed by atoms with Crippen molar-refractivity contribution < 1.29 is 80.2 Å². The van der Waals surface area contributed by atoms with Crippen molar-refractivity contribution in [3.05, 3.63) is 0 Å². The Morgan fingerprint density at radius 3 is 0.738 bits per heavy atom. The summed E-state index contributed by atoms with van der Waals surface area (Å²) in [6.45, 7) is 4.81. The summed E-state index contributed by atoms with van der Waals surface area (Å²) in [4.78, 5) is 71.9. The summed E-state index contributed by atoms with van der Waals surface area (Å²) in [5.41, 5.74) is 0. The van der Waals surface area contributed by atoms with Crippen molar-refractivity contribution in [2.45, 2.75) is 329 Å². The first kappa shape index (κ1) is 78.1. The maximum absolute atomic E-state index is 12.9. The number of unbranched alkanes of at least 4 members (excludes halogenated alkanes) is 36. The molecule has 474 valence electrons. The van der Waals surface area contributed by atoms with Crippen molar-refractivity contribution in [3.63, 3.8) is 0 Å². The minimum absolute atomic E-state index is 0.106. The third-order valence-electron chi connectivity index (χ3n) is 14.1. The van der Waals surface area contributed by atoms with E-state index in [4.69, 9.17) is 37.0 Å². The van der Waals surface area contributed by atoms with E-state index in [0.717, 1.165) is 103 Å². The zero-order valence-electron chi connectivity index (χ0n) is 51.0. The molecule has 0 aliphatic carbocycles. The van der Waals surface area contributed by atoms with E-state index >= 15 is 0 Å². The molecule has 0 aromatic carbocycles. The van der Waals surface area contributed by atoms with Crippen molar-refractivity contribution in [1.82, 2.24) is 0 Å². The van der Waals surface area contributed by atoms with E-state index in [1.807, 2.05) is 0 Å². The molecule has 0 saturated carbocycles. The fourth-order valence-corrected chi connectivity index (χ4v) is 10.7. The second-order valence-corrected chi connectivity index (χ2v) is 25.0. The number of esters is 4. The van der Waals surface area contributed by atoms with Crippen LogP contribution in [0, 0.1) is 0 Å². The van der Waals surface area contributed by atoms with Crippen molar-refractivity contribution >= 4 is 39.5 Å². The van der Waals surface area contributed by atoms with E-state index in [1.165, 1.54) is 128 Å². The van der Waals surface area contributed by atoms with E-state index in [9.17, 15) is 43.2 Å². The molecular formula is C61H118O17P2. The predicted molar refractivity (Wildman–Crippen MR) is 317 cm³/mol. The molecule has 80 heavy (non-hydrogen) atoms. The first-order valence-electron chi connectivity index (χ1n) is 32.3. The van der Waals surface area contributed by atoms with Gasteiger partial charge in [0.05, 0.1) is 26.4 Å². The zero-order chi connectivity index (χ0) is 59.1. The van der Waals surface area contributed by atoms with Crippen LogP contribution >= 0.6 is 15.6 Å². The van der Waals surface area contributed by atoms with Gasteiger partial charge < -0.3 is 33.8 Å². The molecule has 0 radical (unpaired) electrons. The van der Waals surface area contributed by atoms with Crippen LogP contribution in [-0.2, 0) is 65.4 Å².